The molecule has 8 heteroatoms. The average molecular weight is 546 g/mol. The number of hydrogen-bond donors (Lipinski definition) is 3. The standard InChI is InChI=1S/C23H38N4O3.HI/c28-22-6-2-1-5-21(22)27-12-8-19(9-13-27)26-23(25-16-18-10-15-29-17-18)24-11-7-20-4-3-14-30-20;/h3-4,14,18-19,21-22,28H,1-2,5-13,15-17H2,(H2,24,25,26);1H. The Bertz CT molecular complexity index is 643. The maximum absolute atomic E-state index is 10.4. The molecule has 0 aromatic carbocycles. The van der Waals surface area contributed by atoms with Crippen LogP contribution in [0.5, 0.6) is 0 Å². The molecule has 3 atom stereocenters. The fraction of sp³-hybridized carbons (Fsp3) is 0.783. The number of hydrogen-bond acceptors (Lipinski definition) is 5. The topological polar surface area (TPSA) is 82.3 Å². The summed E-state index contributed by atoms with van der Waals surface area (Å²) < 4.78 is 10.9. The summed E-state index contributed by atoms with van der Waals surface area (Å²) in [6, 6.07) is 4.73. The molecule has 2 aliphatic heterocycles. The van der Waals surface area contributed by atoms with Crippen LogP contribution in [0.15, 0.2) is 27.8 Å². The van der Waals surface area contributed by atoms with Gasteiger partial charge in [0.1, 0.15) is 5.76 Å². The summed E-state index contributed by atoms with van der Waals surface area (Å²) in [5.74, 6) is 2.43. The number of piperidine rings is 1. The maximum atomic E-state index is 10.4. The summed E-state index contributed by atoms with van der Waals surface area (Å²) in [5, 5.41) is 17.5. The molecular formula is C23H39IN4O3. The van der Waals surface area contributed by atoms with Gasteiger partial charge in [0.15, 0.2) is 5.96 Å². The number of halogens is 1. The fourth-order valence-electron chi connectivity index (χ4n) is 4.95. The number of nitrogens with zero attached hydrogens (tertiary/aromatic N) is 2. The summed E-state index contributed by atoms with van der Waals surface area (Å²) in [4.78, 5) is 7.38. The van der Waals surface area contributed by atoms with E-state index in [1.807, 2.05) is 12.1 Å². The number of aliphatic imine (C=N–C) groups is 1. The van der Waals surface area contributed by atoms with Gasteiger partial charge in [0.2, 0.25) is 0 Å². The molecule has 4 rings (SSSR count). The Hall–Kier alpha value is -0.840. The molecule has 0 radical (unpaired) electrons. The van der Waals surface area contributed by atoms with Gasteiger partial charge in [0.05, 0.1) is 19.0 Å². The molecule has 31 heavy (non-hydrogen) atoms. The molecule has 3 unspecified atom stereocenters. The number of nitrogens with one attached hydrogen (secondary N) is 2. The predicted octanol–water partition coefficient (Wildman–Crippen LogP) is 2.78. The van der Waals surface area contributed by atoms with E-state index in [4.69, 9.17) is 14.1 Å². The molecule has 3 heterocycles. The molecule has 176 valence electrons. The number of aliphatic hydroxyl groups is 1. The van der Waals surface area contributed by atoms with Crippen LogP contribution >= 0.6 is 24.0 Å². The highest BCUT2D eigenvalue weighted by Gasteiger charge is 2.31. The second-order valence-electron chi connectivity index (χ2n) is 9.05. The van der Waals surface area contributed by atoms with E-state index in [1.54, 1.807) is 6.26 Å². The average Bonchev–Trinajstić information content (AvgIpc) is 3.47. The lowest BCUT2D eigenvalue weighted by Crippen LogP contribution is -2.53. The van der Waals surface area contributed by atoms with Crippen LogP contribution in [0.25, 0.3) is 0 Å². The van der Waals surface area contributed by atoms with Crippen molar-refractivity contribution in [3.63, 3.8) is 0 Å². The van der Waals surface area contributed by atoms with E-state index in [0.29, 0.717) is 18.0 Å². The highest BCUT2D eigenvalue weighted by Crippen LogP contribution is 2.26. The van der Waals surface area contributed by atoms with Gasteiger partial charge < -0.3 is 24.9 Å². The van der Waals surface area contributed by atoms with E-state index in [9.17, 15) is 5.11 Å². The van der Waals surface area contributed by atoms with Crippen molar-refractivity contribution >= 4 is 29.9 Å². The molecule has 1 saturated carbocycles. The Balaban J connectivity index is 0.00000272. The molecule has 0 bridgehead atoms. The predicted molar refractivity (Wildman–Crippen MR) is 133 cm³/mol. The number of ether oxygens (including phenoxy) is 1. The summed E-state index contributed by atoms with van der Waals surface area (Å²) in [5.41, 5.74) is 0. The van der Waals surface area contributed by atoms with Crippen molar-refractivity contribution in [2.24, 2.45) is 10.9 Å². The lowest BCUT2D eigenvalue weighted by Gasteiger charge is -2.41. The van der Waals surface area contributed by atoms with E-state index in [2.05, 4.69) is 15.5 Å². The van der Waals surface area contributed by atoms with Gasteiger partial charge in [-0.1, -0.05) is 12.8 Å². The highest BCUT2D eigenvalue weighted by molar-refractivity contribution is 14.0. The van der Waals surface area contributed by atoms with Crippen LogP contribution in [0.2, 0.25) is 0 Å². The van der Waals surface area contributed by atoms with Gasteiger partial charge in [-0.2, -0.15) is 0 Å². The molecule has 0 amide bonds. The lowest BCUT2D eigenvalue weighted by atomic mass is 9.89. The zero-order valence-electron chi connectivity index (χ0n) is 18.5. The largest absolute Gasteiger partial charge is 0.469 e. The number of likely N-dealkylation sites (tertiary alicyclic amines) is 1. The normalized spacial score (nSPS) is 28.3. The van der Waals surface area contributed by atoms with Gasteiger partial charge in [-0.3, -0.25) is 9.89 Å². The third kappa shape index (κ3) is 7.61. The molecule has 1 aromatic rings. The lowest BCUT2D eigenvalue weighted by molar-refractivity contribution is 0.00810. The van der Waals surface area contributed by atoms with Crippen LogP contribution in [0.4, 0.5) is 0 Å². The monoisotopic (exact) mass is 546 g/mol. The summed E-state index contributed by atoms with van der Waals surface area (Å²) in [6.45, 7) is 5.40. The van der Waals surface area contributed by atoms with Crippen molar-refractivity contribution in [3.8, 4) is 0 Å². The minimum absolute atomic E-state index is 0. The van der Waals surface area contributed by atoms with Crippen molar-refractivity contribution in [1.29, 1.82) is 0 Å². The molecule has 0 spiro atoms. The first-order valence-electron chi connectivity index (χ1n) is 11.8. The molecule has 1 aliphatic carbocycles. The molecule has 3 aliphatic rings. The van der Waals surface area contributed by atoms with Crippen LogP contribution < -0.4 is 10.6 Å². The van der Waals surface area contributed by atoms with Gasteiger partial charge >= 0.3 is 0 Å². The summed E-state index contributed by atoms with van der Waals surface area (Å²) >= 11 is 0. The number of rotatable bonds is 7. The zero-order valence-corrected chi connectivity index (χ0v) is 20.8. The Labute approximate surface area is 203 Å². The smallest absolute Gasteiger partial charge is 0.191 e. The molecule has 2 saturated heterocycles. The van der Waals surface area contributed by atoms with Crippen molar-refractivity contribution in [2.45, 2.75) is 69.6 Å². The second-order valence-corrected chi connectivity index (χ2v) is 9.05. The van der Waals surface area contributed by atoms with Crippen LogP contribution in [-0.2, 0) is 11.2 Å². The van der Waals surface area contributed by atoms with E-state index in [-0.39, 0.29) is 30.1 Å². The maximum Gasteiger partial charge on any atom is 0.191 e. The van der Waals surface area contributed by atoms with Crippen molar-refractivity contribution < 1.29 is 14.3 Å². The van der Waals surface area contributed by atoms with Crippen molar-refractivity contribution in [3.05, 3.63) is 24.2 Å². The molecular weight excluding hydrogens is 507 g/mol. The quantitative estimate of drug-likeness (QED) is 0.277. The van der Waals surface area contributed by atoms with Crippen molar-refractivity contribution in [2.75, 3.05) is 39.4 Å². The Morgan fingerprint density at radius 1 is 1.16 bits per heavy atom. The fourth-order valence-corrected chi connectivity index (χ4v) is 4.95. The number of aliphatic hydroxyl groups excluding tert-OH is 1. The van der Waals surface area contributed by atoms with Crippen LogP contribution in [-0.4, -0.2) is 73.5 Å². The zero-order chi connectivity index (χ0) is 20.6. The van der Waals surface area contributed by atoms with Crippen molar-refractivity contribution in [1.82, 2.24) is 15.5 Å². The van der Waals surface area contributed by atoms with Gasteiger partial charge in [-0.05, 0) is 44.2 Å². The second kappa shape index (κ2) is 13.0. The van der Waals surface area contributed by atoms with Gasteiger partial charge in [0.25, 0.3) is 0 Å². The molecule has 3 fully saturated rings. The molecule has 1 aromatic heterocycles. The Kier molecular flexibility index (Phi) is 10.4. The minimum Gasteiger partial charge on any atom is -0.469 e. The van der Waals surface area contributed by atoms with Crippen LogP contribution in [0.1, 0.15) is 50.7 Å². The Morgan fingerprint density at radius 3 is 2.71 bits per heavy atom. The third-order valence-electron chi connectivity index (χ3n) is 6.81. The van der Waals surface area contributed by atoms with Crippen LogP contribution in [0.3, 0.4) is 0 Å². The minimum atomic E-state index is -0.141. The molecule has 7 nitrogen and oxygen atoms in total. The third-order valence-corrected chi connectivity index (χ3v) is 6.81. The molecule has 3 N–H and O–H groups in total. The SMILES string of the molecule is I.OC1CCCCC1N1CCC(NC(=NCC2CCOC2)NCCc2ccco2)CC1. The summed E-state index contributed by atoms with van der Waals surface area (Å²) in [6.07, 6.45) is 10.2. The van der Waals surface area contributed by atoms with E-state index in [1.165, 1.54) is 12.8 Å². The van der Waals surface area contributed by atoms with E-state index in [0.717, 1.165) is 89.6 Å². The first-order valence-corrected chi connectivity index (χ1v) is 11.8. The van der Waals surface area contributed by atoms with E-state index >= 15 is 0 Å². The van der Waals surface area contributed by atoms with Gasteiger partial charge in [0, 0.05) is 57.2 Å². The highest BCUT2D eigenvalue weighted by atomic mass is 127. The van der Waals surface area contributed by atoms with Gasteiger partial charge in [-0.15, -0.1) is 24.0 Å². The Morgan fingerprint density at radius 2 is 2.00 bits per heavy atom. The summed E-state index contributed by atoms with van der Waals surface area (Å²) in [7, 11) is 0. The van der Waals surface area contributed by atoms with Crippen LogP contribution in [0, 0.1) is 5.92 Å². The number of furan rings is 1. The number of guanidine groups is 1. The first kappa shape index (κ1) is 24.8. The van der Waals surface area contributed by atoms with Gasteiger partial charge in [-0.25, -0.2) is 0 Å². The van der Waals surface area contributed by atoms with E-state index < -0.39 is 0 Å². The first-order chi connectivity index (χ1) is 14.8.